The van der Waals surface area contributed by atoms with E-state index in [0.717, 1.165) is 22.8 Å². The van der Waals surface area contributed by atoms with Gasteiger partial charge < -0.3 is 10.5 Å². The fraction of sp³-hybridized carbons (Fsp3) is 0.444. The molecule has 17 heteroatoms. The molecule has 0 bridgehead atoms. The van der Waals surface area contributed by atoms with Gasteiger partial charge in [-0.1, -0.05) is 44.5 Å². The van der Waals surface area contributed by atoms with Gasteiger partial charge in [-0.25, -0.2) is 36.6 Å². The summed E-state index contributed by atoms with van der Waals surface area (Å²) in [6, 6.07) is 8.85. The highest BCUT2D eigenvalue weighted by atomic mass is 35.5. The van der Waals surface area contributed by atoms with Crippen LogP contribution in [0.3, 0.4) is 0 Å². The molecule has 2 atom stereocenters. The van der Waals surface area contributed by atoms with Gasteiger partial charge in [0.25, 0.3) is 18.3 Å². The number of carbonyl (C=O) groups is 2. The number of halogens is 6. The van der Waals surface area contributed by atoms with Crippen molar-refractivity contribution in [1.29, 1.82) is 0 Å². The van der Waals surface area contributed by atoms with Gasteiger partial charge in [0.05, 0.1) is 28.9 Å². The second-order valence-electron chi connectivity index (χ2n) is 14.9. The predicted octanol–water partition coefficient (Wildman–Crippen LogP) is 7.30. The summed E-state index contributed by atoms with van der Waals surface area (Å²) in [5.41, 5.74) is 3.60. The molecule has 0 spiro atoms. The second kappa shape index (κ2) is 13.5. The fourth-order valence-electron chi connectivity index (χ4n) is 6.84. The van der Waals surface area contributed by atoms with Gasteiger partial charge in [0, 0.05) is 24.2 Å². The van der Waals surface area contributed by atoms with Gasteiger partial charge >= 0.3 is 5.97 Å². The average molecular weight is 761 g/mol. The molecule has 2 aliphatic rings. The van der Waals surface area contributed by atoms with Crippen LogP contribution in [-0.4, -0.2) is 59.8 Å². The number of hydrogen-bond donors (Lipinski definition) is 1. The number of aliphatic imine (C=N–C) groups is 1. The minimum Gasteiger partial charge on any atom is -0.463 e. The van der Waals surface area contributed by atoms with Gasteiger partial charge in [-0.2, -0.15) is 10.2 Å². The molecular weight excluding hydrogens is 723 g/mol. The number of rotatable bonds is 12. The van der Waals surface area contributed by atoms with Crippen molar-refractivity contribution in [2.75, 3.05) is 6.61 Å². The third-order valence-electron chi connectivity index (χ3n) is 9.68. The summed E-state index contributed by atoms with van der Waals surface area (Å²) in [5, 5.41) is 8.17. The molecule has 0 radical (unpaired) electrons. The number of aromatic nitrogens is 5. The molecule has 0 saturated heterocycles. The molecule has 282 valence electrons. The first-order valence-corrected chi connectivity index (χ1v) is 17.1. The molecule has 0 unspecified atom stereocenters. The maximum atomic E-state index is 15.8. The number of nitrogens with two attached hydrogens (primary N) is 1. The molecule has 2 aromatic carbocycles. The summed E-state index contributed by atoms with van der Waals surface area (Å²) in [6.45, 7) is 5.77. The topological polar surface area (TPSA) is 134 Å². The Labute approximate surface area is 307 Å². The normalized spacial score (nSPS) is 19.1. The van der Waals surface area contributed by atoms with Crippen LogP contribution in [-0.2, 0) is 26.9 Å². The molecule has 11 nitrogen and oxygen atoms in total. The highest BCUT2D eigenvalue weighted by Gasteiger charge is 2.60. The van der Waals surface area contributed by atoms with Crippen molar-refractivity contribution in [3.05, 3.63) is 82.8 Å². The zero-order valence-corrected chi connectivity index (χ0v) is 30.3. The number of amides is 1. The SMILES string of the molecule is Cn1ccc(-c2ccc([C@@]3(CC(C)(C)C)N=C(N)N([C@H](COC(=O)CC4(C(C)(F)F)CC4)c4ccc(Cl)c(-n5ncnc5C(F)F)c4)C3=O)cc2F)n1. The third-order valence-corrected chi connectivity index (χ3v) is 10.0. The number of esters is 1. The van der Waals surface area contributed by atoms with Crippen LogP contribution in [0.5, 0.6) is 0 Å². The largest absolute Gasteiger partial charge is 0.463 e. The van der Waals surface area contributed by atoms with Gasteiger partial charge in [-0.05, 0) is 73.1 Å². The molecule has 6 rings (SSSR count). The van der Waals surface area contributed by atoms with Crippen molar-refractivity contribution < 1.29 is 36.3 Å². The number of ether oxygens (including phenoxy) is 1. The Bertz CT molecular complexity index is 2080. The summed E-state index contributed by atoms with van der Waals surface area (Å²) in [5.74, 6) is -6.44. The van der Waals surface area contributed by atoms with Crippen LogP contribution in [0.4, 0.5) is 22.0 Å². The second-order valence-corrected chi connectivity index (χ2v) is 15.3. The maximum Gasteiger partial charge on any atom is 0.306 e. The molecule has 4 aromatic rings. The lowest BCUT2D eigenvalue weighted by Crippen LogP contribution is -2.47. The Morgan fingerprint density at radius 3 is 2.40 bits per heavy atom. The molecular formula is C36H38ClF5N8O3. The van der Waals surface area contributed by atoms with E-state index in [1.165, 1.54) is 35.0 Å². The zero-order valence-electron chi connectivity index (χ0n) is 29.6. The van der Waals surface area contributed by atoms with E-state index in [1.54, 1.807) is 25.4 Å². The number of nitrogens with zero attached hydrogens (tertiary/aromatic N) is 7. The molecule has 1 fully saturated rings. The lowest BCUT2D eigenvalue weighted by molar-refractivity contribution is -0.153. The average Bonchev–Trinajstić information content (AvgIpc) is 3.37. The lowest BCUT2D eigenvalue weighted by Gasteiger charge is -2.35. The van der Waals surface area contributed by atoms with E-state index >= 15 is 4.39 Å². The fourth-order valence-corrected chi connectivity index (χ4v) is 7.04. The van der Waals surface area contributed by atoms with Gasteiger partial charge in [0.1, 0.15) is 18.8 Å². The summed E-state index contributed by atoms with van der Waals surface area (Å²) < 4.78 is 80.2. The molecule has 1 saturated carbocycles. The van der Waals surface area contributed by atoms with E-state index in [2.05, 4.69) is 20.2 Å². The van der Waals surface area contributed by atoms with Crippen LogP contribution >= 0.6 is 11.6 Å². The highest BCUT2D eigenvalue weighted by Crippen LogP contribution is 2.59. The first-order valence-electron chi connectivity index (χ1n) is 16.8. The summed E-state index contributed by atoms with van der Waals surface area (Å²) in [4.78, 5) is 37.4. The quantitative estimate of drug-likeness (QED) is 0.118. The lowest BCUT2D eigenvalue weighted by atomic mass is 9.75. The molecule has 53 heavy (non-hydrogen) atoms. The number of hydrogen-bond acceptors (Lipinski definition) is 8. The Balaban J connectivity index is 1.43. The highest BCUT2D eigenvalue weighted by molar-refractivity contribution is 6.32. The van der Waals surface area contributed by atoms with E-state index in [4.69, 9.17) is 22.1 Å². The van der Waals surface area contributed by atoms with Crippen molar-refractivity contribution in [2.24, 2.45) is 28.6 Å². The van der Waals surface area contributed by atoms with Crippen molar-refractivity contribution >= 4 is 29.4 Å². The van der Waals surface area contributed by atoms with Crippen molar-refractivity contribution in [3.8, 4) is 16.9 Å². The molecule has 1 aliphatic heterocycles. The molecule has 2 N–H and O–H groups in total. The molecule has 1 aliphatic carbocycles. The maximum absolute atomic E-state index is 15.8. The first kappa shape index (κ1) is 37.9. The van der Waals surface area contributed by atoms with E-state index in [-0.39, 0.29) is 52.6 Å². The van der Waals surface area contributed by atoms with Crippen LogP contribution in [0.1, 0.15) is 82.8 Å². The number of aryl methyl sites for hydroxylation is 1. The van der Waals surface area contributed by atoms with Crippen molar-refractivity contribution in [1.82, 2.24) is 29.4 Å². The Hall–Kier alpha value is -4.86. The van der Waals surface area contributed by atoms with Crippen molar-refractivity contribution in [2.45, 2.75) is 77.3 Å². The summed E-state index contributed by atoms with van der Waals surface area (Å²) in [6.07, 6.45) is -0.678. The number of carbonyl (C=O) groups excluding carboxylic acids is 2. The van der Waals surface area contributed by atoms with Crippen LogP contribution in [0, 0.1) is 16.6 Å². The monoisotopic (exact) mass is 760 g/mol. The summed E-state index contributed by atoms with van der Waals surface area (Å²) in [7, 11) is 1.70. The standard InChI is InChI=1S/C36H38ClF5N8O3/c1-33(2,3)18-36(21-7-8-22(24(38)15-21)25-10-13-48(5)47-25)31(52)49(32(43)46-36)27(17-53-28(51)16-35(11-12-35)34(4,41)42)20-6-9-23(37)26(14-20)50-30(29(39)40)44-19-45-50/h6-10,13-15,19,27,29H,11-12,16-18H2,1-5H3,(H2,43,46)/t27-,36-/m1/s1. The zero-order chi connectivity index (χ0) is 38.7. The number of benzene rings is 2. The van der Waals surface area contributed by atoms with Crippen LogP contribution < -0.4 is 5.73 Å². The third kappa shape index (κ3) is 7.25. The minimum absolute atomic E-state index is 0.00214. The van der Waals surface area contributed by atoms with Crippen LogP contribution in [0.15, 0.2) is 60.0 Å². The Kier molecular flexibility index (Phi) is 9.67. The van der Waals surface area contributed by atoms with Gasteiger partial charge in [0.15, 0.2) is 17.3 Å². The molecule has 3 heterocycles. The van der Waals surface area contributed by atoms with E-state index in [9.17, 15) is 27.2 Å². The van der Waals surface area contributed by atoms with Crippen molar-refractivity contribution in [3.63, 3.8) is 0 Å². The Morgan fingerprint density at radius 2 is 1.81 bits per heavy atom. The molecule has 1 amide bonds. The van der Waals surface area contributed by atoms with Crippen LogP contribution in [0.25, 0.3) is 16.9 Å². The molecule has 2 aromatic heterocycles. The first-order chi connectivity index (χ1) is 24.7. The summed E-state index contributed by atoms with van der Waals surface area (Å²) >= 11 is 6.45. The van der Waals surface area contributed by atoms with Gasteiger partial charge in [0.2, 0.25) is 0 Å². The number of alkyl halides is 4. The van der Waals surface area contributed by atoms with Gasteiger partial charge in [-0.3, -0.25) is 19.2 Å². The van der Waals surface area contributed by atoms with E-state index in [1.807, 2.05) is 20.8 Å². The minimum atomic E-state index is -3.13. The van der Waals surface area contributed by atoms with Gasteiger partial charge in [-0.15, -0.1) is 0 Å². The van der Waals surface area contributed by atoms with Crippen LogP contribution in [0.2, 0.25) is 5.02 Å². The number of guanidine groups is 1. The van der Waals surface area contributed by atoms with E-state index < -0.39 is 71.3 Å². The predicted molar refractivity (Wildman–Crippen MR) is 185 cm³/mol. The Morgan fingerprint density at radius 1 is 1.09 bits per heavy atom. The smallest absolute Gasteiger partial charge is 0.306 e. The van der Waals surface area contributed by atoms with E-state index in [0.29, 0.717) is 5.69 Å².